The molecule has 0 bridgehead atoms. The normalized spacial score (nSPS) is 19.6. The van der Waals surface area contributed by atoms with Crippen LogP contribution in [0.4, 0.5) is 5.69 Å². The molecule has 1 fully saturated rings. The Kier molecular flexibility index (Phi) is 4.61. The molecular formula is C15H25N3. The first-order valence-corrected chi connectivity index (χ1v) is 7.00. The lowest BCUT2D eigenvalue weighted by molar-refractivity contribution is 0.360. The van der Waals surface area contributed by atoms with E-state index in [1.807, 2.05) is 0 Å². The lowest BCUT2D eigenvalue weighted by atomic mass is 10.0. The second kappa shape index (κ2) is 6.21. The van der Waals surface area contributed by atoms with E-state index in [0.717, 1.165) is 26.1 Å². The van der Waals surface area contributed by atoms with Gasteiger partial charge in [0, 0.05) is 31.4 Å². The highest BCUT2D eigenvalue weighted by atomic mass is 15.2. The Balaban J connectivity index is 2.21. The molecule has 0 amide bonds. The third-order valence-corrected chi connectivity index (χ3v) is 3.84. The molecule has 1 heterocycles. The zero-order valence-electron chi connectivity index (χ0n) is 11.6. The zero-order valence-corrected chi connectivity index (χ0v) is 11.6. The Morgan fingerprint density at radius 3 is 2.72 bits per heavy atom. The fourth-order valence-electron chi connectivity index (χ4n) is 2.60. The van der Waals surface area contributed by atoms with Crippen molar-refractivity contribution in [2.75, 3.05) is 38.1 Å². The molecule has 3 nitrogen and oxygen atoms in total. The number of nitrogens with zero attached hydrogens (tertiary/aromatic N) is 2. The maximum absolute atomic E-state index is 6.23. The van der Waals surface area contributed by atoms with Crippen molar-refractivity contribution in [2.24, 2.45) is 5.73 Å². The summed E-state index contributed by atoms with van der Waals surface area (Å²) in [6, 6.07) is 8.77. The van der Waals surface area contributed by atoms with Crippen LogP contribution in [-0.4, -0.2) is 38.1 Å². The largest absolute Gasteiger partial charge is 0.370 e. The summed E-state index contributed by atoms with van der Waals surface area (Å²) in [5, 5.41) is 0. The minimum atomic E-state index is 0.155. The molecule has 1 saturated heterocycles. The lowest BCUT2D eigenvalue weighted by Crippen LogP contribution is -2.30. The summed E-state index contributed by atoms with van der Waals surface area (Å²) in [5.74, 6) is 0. The van der Waals surface area contributed by atoms with E-state index in [4.69, 9.17) is 5.73 Å². The highest BCUT2D eigenvalue weighted by Gasteiger charge is 2.17. The third-order valence-electron chi connectivity index (χ3n) is 3.84. The van der Waals surface area contributed by atoms with Crippen molar-refractivity contribution in [3.63, 3.8) is 0 Å². The molecule has 1 aliphatic rings. The summed E-state index contributed by atoms with van der Waals surface area (Å²) in [4.78, 5) is 4.90. The van der Waals surface area contributed by atoms with Crippen molar-refractivity contribution < 1.29 is 0 Å². The van der Waals surface area contributed by atoms with Crippen LogP contribution in [0, 0.1) is 0 Å². The first kappa shape index (κ1) is 13.4. The minimum absolute atomic E-state index is 0.155. The molecule has 2 N–H and O–H groups in total. The number of likely N-dealkylation sites (N-methyl/N-ethyl adjacent to an activating group) is 1. The van der Waals surface area contributed by atoms with E-state index < -0.39 is 0 Å². The van der Waals surface area contributed by atoms with Crippen molar-refractivity contribution in [1.82, 2.24) is 4.90 Å². The first-order chi connectivity index (χ1) is 8.72. The number of rotatable bonds is 3. The average Bonchev–Trinajstić information content (AvgIpc) is 2.62. The maximum Gasteiger partial charge on any atom is 0.0415 e. The van der Waals surface area contributed by atoms with Crippen LogP contribution in [0.5, 0.6) is 0 Å². The fourth-order valence-corrected chi connectivity index (χ4v) is 2.60. The summed E-state index contributed by atoms with van der Waals surface area (Å²) >= 11 is 0. The summed E-state index contributed by atoms with van der Waals surface area (Å²) in [6.45, 7) is 6.72. The second-order valence-electron chi connectivity index (χ2n) is 5.22. The SMILES string of the molecule is CCC(N)c1ccccc1N1CCCN(C)CC1. The third kappa shape index (κ3) is 3.03. The molecule has 0 spiro atoms. The molecule has 1 atom stereocenters. The molecule has 0 saturated carbocycles. The van der Waals surface area contributed by atoms with Crippen molar-refractivity contribution in [1.29, 1.82) is 0 Å². The molecule has 1 unspecified atom stereocenters. The topological polar surface area (TPSA) is 32.5 Å². The molecule has 18 heavy (non-hydrogen) atoms. The monoisotopic (exact) mass is 247 g/mol. The summed E-state index contributed by atoms with van der Waals surface area (Å²) in [6.07, 6.45) is 2.22. The van der Waals surface area contributed by atoms with Gasteiger partial charge in [-0.15, -0.1) is 0 Å². The van der Waals surface area contributed by atoms with Crippen molar-refractivity contribution in [2.45, 2.75) is 25.8 Å². The van der Waals surface area contributed by atoms with Gasteiger partial charge < -0.3 is 15.5 Å². The van der Waals surface area contributed by atoms with Crippen molar-refractivity contribution in [3.05, 3.63) is 29.8 Å². The van der Waals surface area contributed by atoms with E-state index >= 15 is 0 Å². The Morgan fingerprint density at radius 2 is 1.94 bits per heavy atom. The van der Waals surface area contributed by atoms with Gasteiger partial charge in [-0.05, 0) is 38.1 Å². The van der Waals surface area contributed by atoms with Crippen LogP contribution >= 0.6 is 0 Å². The molecular weight excluding hydrogens is 222 g/mol. The Hall–Kier alpha value is -1.06. The smallest absolute Gasteiger partial charge is 0.0415 e. The van der Waals surface area contributed by atoms with E-state index in [-0.39, 0.29) is 6.04 Å². The number of hydrogen-bond acceptors (Lipinski definition) is 3. The second-order valence-corrected chi connectivity index (χ2v) is 5.22. The number of nitrogens with two attached hydrogens (primary N) is 1. The number of anilines is 1. The van der Waals surface area contributed by atoms with E-state index in [1.54, 1.807) is 0 Å². The van der Waals surface area contributed by atoms with Crippen LogP contribution < -0.4 is 10.6 Å². The zero-order chi connectivity index (χ0) is 13.0. The summed E-state index contributed by atoms with van der Waals surface area (Å²) < 4.78 is 0. The van der Waals surface area contributed by atoms with Crippen LogP contribution in [0.15, 0.2) is 24.3 Å². The summed E-state index contributed by atoms with van der Waals surface area (Å²) in [7, 11) is 2.20. The fraction of sp³-hybridized carbons (Fsp3) is 0.600. The van der Waals surface area contributed by atoms with Crippen molar-refractivity contribution >= 4 is 5.69 Å². The van der Waals surface area contributed by atoms with Gasteiger partial charge in [0.1, 0.15) is 0 Å². The molecule has 0 radical (unpaired) electrons. The van der Waals surface area contributed by atoms with Gasteiger partial charge in [-0.2, -0.15) is 0 Å². The molecule has 1 aliphatic heterocycles. The molecule has 100 valence electrons. The standard InChI is InChI=1S/C15H25N3/c1-3-14(16)13-7-4-5-8-15(13)18-10-6-9-17(2)11-12-18/h4-5,7-8,14H,3,6,9-12,16H2,1-2H3. The molecule has 0 aliphatic carbocycles. The van der Waals surface area contributed by atoms with Crippen LogP contribution in [0.3, 0.4) is 0 Å². The first-order valence-electron chi connectivity index (χ1n) is 7.00. The van der Waals surface area contributed by atoms with Gasteiger partial charge in [0.15, 0.2) is 0 Å². The highest BCUT2D eigenvalue weighted by Crippen LogP contribution is 2.27. The van der Waals surface area contributed by atoms with Gasteiger partial charge in [-0.25, -0.2) is 0 Å². The maximum atomic E-state index is 6.23. The van der Waals surface area contributed by atoms with Gasteiger partial charge in [0.05, 0.1) is 0 Å². The highest BCUT2D eigenvalue weighted by molar-refractivity contribution is 5.55. The van der Waals surface area contributed by atoms with E-state index in [0.29, 0.717) is 0 Å². The van der Waals surface area contributed by atoms with Gasteiger partial charge in [-0.1, -0.05) is 25.1 Å². The predicted octanol–water partition coefficient (Wildman–Crippen LogP) is 2.24. The Bertz CT molecular complexity index is 378. The Morgan fingerprint density at radius 1 is 1.17 bits per heavy atom. The van der Waals surface area contributed by atoms with Gasteiger partial charge in [0.25, 0.3) is 0 Å². The average molecular weight is 247 g/mol. The van der Waals surface area contributed by atoms with E-state index in [2.05, 4.69) is 48.0 Å². The van der Waals surface area contributed by atoms with Gasteiger partial charge in [0.2, 0.25) is 0 Å². The molecule has 1 aromatic carbocycles. The number of benzene rings is 1. The Labute approximate surface area is 111 Å². The van der Waals surface area contributed by atoms with Crippen LogP contribution in [0.1, 0.15) is 31.4 Å². The van der Waals surface area contributed by atoms with Crippen LogP contribution in [-0.2, 0) is 0 Å². The quantitative estimate of drug-likeness (QED) is 0.889. The van der Waals surface area contributed by atoms with E-state index in [9.17, 15) is 0 Å². The molecule has 3 heteroatoms. The molecule has 2 rings (SSSR count). The van der Waals surface area contributed by atoms with Crippen molar-refractivity contribution in [3.8, 4) is 0 Å². The summed E-state index contributed by atoms with van der Waals surface area (Å²) in [5.41, 5.74) is 8.86. The van der Waals surface area contributed by atoms with Crippen LogP contribution in [0.25, 0.3) is 0 Å². The minimum Gasteiger partial charge on any atom is -0.370 e. The van der Waals surface area contributed by atoms with E-state index in [1.165, 1.54) is 24.2 Å². The lowest BCUT2D eigenvalue weighted by Gasteiger charge is -2.27. The molecule has 0 aromatic heterocycles. The van der Waals surface area contributed by atoms with Gasteiger partial charge >= 0.3 is 0 Å². The van der Waals surface area contributed by atoms with Gasteiger partial charge in [-0.3, -0.25) is 0 Å². The predicted molar refractivity (Wildman–Crippen MR) is 78.0 cm³/mol. The molecule has 1 aromatic rings. The number of para-hydroxylation sites is 1. The van der Waals surface area contributed by atoms with Crippen LogP contribution in [0.2, 0.25) is 0 Å². The number of hydrogen-bond donors (Lipinski definition) is 1.